The van der Waals surface area contributed by atoms with Gasteiger partial charge in [0.25, 0.3) is 5.91 Å². The average molecular weight is 474 g/mol. The first kappa shape index (κ1) is 23.1. The number of fused-ring (bicyclic) bond motifs is 1. The first-order valence-electron chi connectivity index (χ1n) is 11.0. The topological polar surface area (TPSA) is 138 Å². The lowest BCUT2D eigenvalue weighted by atomic mass is 9.95. The molecule has 1 amide bonds. The minimum Gasteiger partial charge on any atom is -0.340 e. The number of pyridine rings is 1. The molecule has 33 heavy (non-hydrogen) atoms. The molecule has 3 aromatic rings. The average Bonchev–Trinajstić information content (AvgIpc) is 3.43. The molecule has 2 aromatic heterocycles. The van der Waals surface area contributed by atoms with Gasteiger partial charge >= 0.3 is 0 Å². The minimum atomic E-state index is -3.74. The highest BCUT2D eigenvalue weighted by Crippen LogP contribution is 2.37. The molecule has 1 saturated carbocycles. The van der Waals surface area contributed by atoms with E-state index in [0.717, 1.165) is 12.8 Å². The fourth-order valence-corrected chi connectivity index (χ4v) is 5.94. The molecule has 0 aliphatic heterocycles. The number of nitrogens with one attached hydrogen (secondary N) is 2. The molecule has 0 radical (unpaired) electrons. The Morgan fingerprint density at radius 2 is 1.91 bits per heavy atom. The van der Waals surface area contributed by atoms with Crippen molar-refractivity contribution < 1.29 is 17.7 Å². The van der Waals surface area contributed by atoms with Crippen molar-refractivity contribution in [2.24, 2.45) is 0 Å². The summed E-state index contributed by atoms with van der Waals surface area (Å²) in [5.41, 5.74) is -0.781. The van der Waals surface area contributed by atoms with Gasteiger partial charge in [-0.2, -0.15) is 9.29 Å². The van der Waals surface area contributed by atoms with Gasteiger partial charge in [0, 0.05) is 37.0 Å². The van der Waals surface area contributed by atoms with Gasteiger partial charge in [0.15, 0.2) is 5.82 Å². The van der Waals surface area contributed by atoms with Crippen LogP contribution in [0.5, 0.6) is 0 Å². The van der Waals surface area contributed by atoms with E-state index in [9.17, 15) is 18.0 Å². The quantitative estimate of drug-likeness (QED) is 0.537. The normalized spacial score (nSPS) is 15.9. The van der Waals surface area contributed by atoms with E-state index < -0.39 is 27.0 Å². The molecule has 1 aliphatic carbocycles. The van der Waals surface area contributed by atoms with Gasteiger partial charge in [-0.1, -0.05) is 31.8 Å². The zero-order valence-corrected chi connectivity index (χ0v) is 19.7. The number of benzene rings is 1. The largest absolute Gasteiger partial charge is 0.340 e. The van der Waals surface area contributed by atoms with E-state index in [1.807, 2.05) is 0 Å². The van der Waals surface area contributed by atoms with Crippen molar-refractivity contribution in [1.29, 1.82) is 0 Å². The first-order valence-corrected chi connectivity index (χ1v) is 12.4. The van der Waals surface area contributed by atoms with Gasteiger partial charge in [-0.3, -0.25) is 9.59 Å². The maximum atomic E-state index is 13.4. The standard InChI is InChI=1S/C22H27N5O5S/c1-4-27(5-2)33(30,31)15-8-9-18-16(12-15)17(13-19(28)24-18)20(29)25-22(10-6-7-11-22)21-23-14(3)32-26-21/h8-9,12-13H,4-7,10-11H2,1-3H3,(H,24,28)(H,25,29). The summed E-state index contributed by atoms with van der Waals surface area (Å²) in [7, 11) is -3.74. The Morgan fingerprint density at radius 1 is 1.21 bits per heavy atom. The maximum absolute atomic E-state index is 13.4. The lowest BCUT2D eigenvalue weighted by Gasteiger charge is -2.27. The van der Waals surface area contributed by atoms with Gasteiger partial charge in [-0.25, -0.2) is 8.42 Å². The SMILES string of the molecule is CCN(CC)S(=O)(=O)c1ccc2[nH]c(=O)cc(C(=O)NC3(c4noc(C)n4)CCCC3)c2c1. The van der Waals surface area contributed by atoms with E-state index in [4.69, 9.17) is 4.52 Å². The predicted molar refractivity (Wildman–Crippen MR) is 121 cm³/mol. The number of nitrogens with zero attached hydrogens (tertiary/aromatic N) is 3. The zero-order chi connectivity index (χ0) is 23.8. The second-order valence-corrected chi connectivity index (χ2v) is 10.2. The molecule has 0 bridgehead atoms. The molecule has 176 valence electrons. The van der Waals surface area contributed by atoms with E-state index in [1.54, 1.807) is 20.8 Å². The Labute approximate surface area is 191 Å². The Hall–Kier alpha value is -3.05. The van der Waals surface area contributed by atoms with Gasteiger partial charge in [0.1, 0.15) is 5.54 Å². The lowest BCUT2D eigenvalue weighted by Crippen LogP contribution is -2.45. The molecule has 1 fully saturated rings. The summed E-state index contributed by atoms with van der Waals surface area (Å²) in [5.74, 6) is 0.316. The van der Waals surface area contributed by atoms with Crippen LogP contribution in [0.1, 0.15) is 61.6 Å². The zero-order valence-electron chi connectivity index (χ0n) is 18.8. The van der Waals surface area contributed by atoms with Crippen LogP contribution in [0.4, 0.5) is 0 Å². The Kier molecular flexibility index (Phi) is 6.10. The third kappa shape index (κ3) is 4.18. The van der Waals surface area contributed by atoms with Crippen molar-refractivity contribution in [2.45, 2.75) is 56.9 Å². The number of sulfonamides is 1. The smallest absolute Gasteiger partial charge is 0.252 e. The third-order valence-corrected chi connectivity index (χ3v) is 8.21. The van der Waals surface area contributed by atoms with Gasteiger partial charge < -0.3 is 14.8 Å². The van der Waals surface area contributed by atoms with Crippen LogP contribution in [0.15, 0.2) is 38.5 Å². The lowest BCUT2D eigenvalue weighted by molar-refractivity contribution is 0.0893. The second kappa shape index (κ2) is 8.71. The number of hydrogen-bond donors (Lipinski definition) is 2. The van der Waals surface area contributed by atoms with Gasteiger partial charge in [0.05, 0.1) is 10.5 Å². The van der Waals surface area contributed by atoms with Gasteiger partial charge in [-0.15, -0.1) is 0 Å². The number of amides is 1. The van der Waals surface area contributed by atoms with E-state index >= 15 is 0 Å². The van der Waals surface area contributed by atoms with Gasteiger partial charge in [0.2, 0.25) is 21.5 Å². The Morgan fingerprint density at radius 3 is 2.52 bits per heavy atom. The Balaban J connectivity index is 1.79. The minimum absolute atomic E-state index is 0.0594. The fraction of sp³-hybridized carbons (Fsp3) is 0.455. The summed E-state index contributed by atoms with van der Waals surface area (Å²) in [5, 5.41) is 7.40. The number of aromatic nitrogens is 3. The number of H-pyrrole nitrogens is 1. The summed E-state index contributed by atoms with van der Waals surface area (Å²) < 4.78 is 32.5. The monoisotopic (exact) mass is 473 g/mol. The first-order chi connectivity index (χ1) is 15.7. The number of hydrogen-bond acceptors (Lipinski definition) is 7. The molecule has 0 unspecified atom stereocenters. The molecular weight excluding hydrogens is 446 g/mol. The maximum Gasteiger partial charge on any atom is 0.252 e. The third-order valence-electron chi connectivity index (χ3n) is 6.17. The highest BCUT2D eigenvalue weighted by Gasteiger charge is 2.41. The van der Waals surface area contributed by atoms with Crippen molar-refractivity contribution in [2.75, 3.05) is 13.1 Å². The summed E-state index contributed by atoms with van der Waals surface area (Å²) in [4.78, 5) is 32.8. The van der Waals surface area contributed by atoms with Crippen LogP contribution in [0.2, 0.25) is 0 Å². The van der Waals surface area contributed by atoms with Crippen molar-refractivity contribution in [3.05, 3.63) is 51.9 Å². The molecule has 1 aromatic carbocycles. The second-order valence-electron chi connectivity index (χ2n) is 8.22. The van der Waals surface area contributed by atoms with Crippen molar-refractivity contribution in [3.63, 3.8) is 0 Å². The number of carbonyl (C=O) groups excluding carboxylic acids is 1. The number of rotatable bonds is 7. The molecule has 2 heterocycles. The fourth-order valence-electron chi connectivity index (χ4n) is 4.46. The van der Waals surface area contributed by atoms with E-state index in [0.29, 0.717) is 48.5 Å². The summed E-state index contributed by atoms with van der Waals surface area (Å²) in [6.07, 6.45) is 3.05. The molecule has 10 nitrogen and oxygen atoms in total. The highest BCUT2D eigenvalue weighted by molar-refractivity contribution is 7.89. The van der Waals surface area contributed by atoms with Crippen molar-refractivity contribution in [1.82, 2.24) is 24.7 Å². The van der Waals surface area contributed by atoms with E-state index in [-0.39, 0.29) is 10.5 Å². The Bertz CT molecular complexity index is 1350. The molecule has 1 aliphatic rings. The molecule has 11 heteroatoms. The summed E-state index contributed by atoms with van der Waals surface area (Å²) >= 11 is 0. The van der Waals surface area contributed by atoms with Crippen LogP contribution < -0.4 is 10.9 Å². The highest BCUT2D eigenvalue weighted by atomic mass is 32.2. The van der Waals surface area contributed by atoms with Crippen LogP contribution in [-0.4, -0.2) is 46.8 Å². The van der Waals surface area contributed by atoms with Crippen molar-refractivity contribution >= 4 is 26.8 Å². The summed E-state index contributed by atoms with van der Waals surface area (Å²) in [6, 6.07) is 5.58. The molecular formula is C22H27N5O5S. The number of aromatic amines is 1. The van der Waals surface area contributed by atoms with Crippen LogP contribution in [-0.2, 0) is 15.6 Å². The molecule has 0 saturated heterocycles. The van der Waals surface area contributed by atoms with Crippen LogP contribution in [0.3, 0.4) is 0 Å². The van der Waals surface area contributed by atoms with E-state index in [2.05, 4.69) is 20.4 Å². The molecule has 0 atom stereocenters. The molecule has 4 rings (SSSR count). The van der Waals surface area contributed by atoms with Crippen LogP contribution in [0.25, 0.3) is 10.9 Å². The van der Waals surface area contributed by atoms with Crippen molar-refractivity contribution in [3.8, 4) is 0 Å². The predicted octanol–water partition coefficient (Wildman–Crippen LogP) is 2.45. The van der Waals surface area contributed by atoms with Crippen LogP contribution in [0, 0.1) is 6.92 Å². The molecule has 2 N–H and O–H groups in total. The van der Waals surface area contributed by atoms with Crippen LogP contribution >= 0.6 is 0 Å². The number of carbonyl (C=O) groups is 1. The van der Waals surface area contributed by atoms with E-state index in [1.165, 1.54) is 28.6 Å². The summed E-state index contributed by atoms with van der Waals surface area (Å²) in [6.45, 7) is 5.85. The molecule has 0 spiro atoms. The number of aryl methyl sites for hydroxylation is 1. The van der Waals surface area contributed by atoms with Gasteiger partial charge in [-0.05, 0) is 31.0 Å².